The summed E-state index contributed by atoms with van der Waals surface area (Å²) in [6.45, 7) is 6.87. The van der Waals surface area contributed by atoms with Gasteiger partial charge in [-0.25, -0.2) is 9.79 Å². The summed E-state index contributed by atoms with van der Waals surface area (Å²) >= 11 is 4.53. The zero-order chi connectivity index (χ0) is 12.2. The lowest BCUT2D eigenvalue weighted by molar-refractivity contribution is 0.0233. The average molecular weight is 242 g/mol. The summed E-state index contributed by atoms with van der Waals surface area (Å²) in [4.78, 5) is 17.5. The van der Waals surface area contributed by atoms with Gasteiger partial charge in [0.15, 0.2) is 0 Å². The van der Waals surface area contributed by atoms with Crippen LogP contribution in [-0.4, -0.2) is 40.9 Å². The number of rotatable bonds is 2. The highest BCUT2D eigenvalue weighted by Crippen LogP contribution is 2.20. The van der Waals surface area contributed by atoms with Gasteiger partial charge < -0.3 is 9.64 Å². The standard InChI is InChI=1S/C11H18N2O2S/c1-11(2,3)15-10(14)13-6-4-5-9(13)7-12-8-16/h9H,4-7H2,1-3H3. The molecule has 1 rings (SSSR count). The van der Waals surface area contributed by atoms with Crippen LogP contribution in [0.3, 0.4) is 0 Å². The number of thiocarbonyl (C=S) groups is 1. The Morgan fingerprint density at radius 2 is 2.31 bits per heavy atom. The van der Waals surface area contributed by atoms with E-state index in [1.807, 2.05) is 20.8 Å². The van der Waals surface area contributed by atoms with Crippen molar-refractivity contribution in [1.82, 2.24) is 4.90 Å². The summed E-state index contributed by atoms with van der Waals surface area (Å²) in [6, 6.07) is 0.116. The molecule has 1 saturated heterocycles. The van der Waals surface area contributed by atoms with E-state index in [9.17, 15) is 4.79 Å². The van der Waals surface area contributed by atoms with Gasteiger partial charge in [0.25, 0.3) is 0 Å². The number of hydrogen-bond acceptors (Lipinski definition) is 4. The van der Waals surface area contributed by atoms with Gasteiger partial charge in [-0.05, 0) is 45.8 Å². The monoisotopic (exact) mass is 242 g/mol. The number of carbonyl (C=O) groups is 1. The fourth-order valence-electron chi connectivity index (χ4n) is 1.73. The molecule has 1 unspecified atom stereocenters. The highest BCUT2D eigenvalue weighted by molar-refractivity contribution is 7.78. The molecule has 0 aromatic carbocycles. The lowest BCUT2D eigenvalue weighted by atomic mass is 10.2. The number of aliphatic imine (C=N–C) groups is 1. The Labute approximate surface area is 102 Å². The maximum atomic E-state index is 11.9. The van der Waals surface area contributed by atoms with Crippen molar-refractivity contribution in [2.45, 2.75) is 45.3 Å². The van der Waals surface area contributed by atoms with Gasteiger partial charge in [-0.3, -0.25) is 0 Å². The van der Waals surface area contributed by atoms with E-state index in [0.29, 0.717) is 6.54 Å². The lowest BCUT2D eigenvalue weighted by Gasteiger charge is -2.27. The topological polar surface area (TPSA) is 41.9 Å². The molecule has 1 amide bonds. The Morgan fingerprint density at radius 1 is 1.62 bits per heavy atom. The molecule has 4 nitrogen and oxygen atoms in total. The first-order valence-electron chi connectivity index (χ1n) is 5.47. The smallest absolute Gasteiger partial charge is 0.410 e. The molecule has 90 valence electrons. The fourth-order valence-corrected chi connectivity index (χ4v) is 1.80. The summed E-state index contributed by atoms with van der Waals surface area (Å²) < 4.78 is 5.33. The van der Waals surface area contributed by atoms with Crippen molar-refractivity contribution < 1.29 is 9.53 Å². The third-order valence-electron chi connectivity index (χ3n) is 2.37. The molecule has 0 radical (unpaired) electrons. The molecule has 0 aromatic rings. The van der Waals surface area contributed by atoms with Crippen LogP contribution in [-0.2, 0) is 4.74 Å². The summed E-state index contributed by atoms with van der Waals surface area (Å²) in [5.74, 6) is 0. The number of ether oxygens (including phenoxy) is 1. The molecule has 1 aliphatic rings. The van der Waals surface area contributed by atoms with Gasteiger partial charge in [0.1, 0.15) is 5.60 Å². The molecular formula is C11H18N2O2S. The Kier molecular flexibility index (Phi) is 4.44. The minimum Gasteiger partial charge on any atom is -0.444 e. The van der Waals surface area contributed by atoms with Crippen molar-refractivity contribution in [1.29, 1.82) is 0 Å². The van der Waals surface area contributed by atoms with Crippen LogP contribution in [0.5, 0.6) is 0 Å². The first kappa shape index (κ1) is 13.1. The van der Waals surface area contributed by atoms with Gasteiger partial charge >= 0.3 is 6.09 Å². The molecule has 0 aliphatic carbocycles. The molecule has 1 atom stereocenters. The van der Waals surface area contributed by atoms with Crippen LogP contribution in [0.1, 0.15) is 33.6 Å². The van der Waals surface area contributed by atoms with Crippen LogP contribution in [0.15, 0.2) is 4.99 Å². The summed E-state index contributed by atoms with van der Waals surface area (Å²) in [5, 5.41) is 2.33. The third-order valence-corrected chi connectivity index (χ3v) is 2.50. The van der Waals surface area contributed by atoms with E-state index in [1.54, 1.807) is 4.90 Å². The van der Waals surface area contributed by atoms with Gasteiger partial charge in [0.2, 0.25) is 0 Å². The molecule has 1 aliphatic heterocycles. The Morgan fingerprint density at radius 3 is 2.88 bits per heavy atom. The second-order valence-corrected chi connectivity index (χ2v) is 5.08. The van der Waals surface area contributed by atoms with Crippen molar-refractivity contribution in [2.75, 3.05) is 13.1 Å². The molecule has 5 heteroatoms. The number of amides is 1. The van der Waals surface area contributed by atoms with Gasteiger partial charge in [0.05, 0.1) is 17.7 Å². The average Bonchev–Trinajstić information content (AvgIpc) is 2.59. The predicted octanol–water partition coefficient (Wildman–Crippen LogP) is 2.49. The number of likely N-dealkylation sites (tertiary alicyclic amines) is 1. The molecular weight excluding hydrogens is 224 g/mol. The zero-order valence-electron chi connectivity index (χ0n) is 10.0. The number of nitrogens with zero attached hydrogens (tertiary/aromatic N) is 2. The van der Waals surface area contributed by atoms with E-state index in [4.69, 9.17) is 4.74 Å². The largest absolute Gasteiger partial charge is 0.444 e. The van der Waals surface area contributed by atoms with Crippen molar-refractivity contribution in [2.24, 2.45) is 4.99 Å². The molecule has 0 N–H and O–H groups in total. The van der Waals surface area contributed by atoms with E-state index < -0.39 is 5.60 Å². The van der Waals surface area contributed by atoms with E-state index in [0.717, 1.165) is 19.4 Å². The predicted molar refractivity (Wildman–Crippen MR) is 65.9 cm³/mol. The number of isothiocyanates is 1. The quantitative estimate of drug-likeness (QED) is 0.552. The van der Waals surface area contributed by atoms with Crippen LogP contribution in [0, 0.1) is 0 Å². The van der Waals surface area contributed by atoms with Gasteiger partial charge in [0, 0.05) is 6.54 Å². The van der Waals surface area contributed by atoms with Crippen LogP contribution in [0.2, 0.25) is 0 Å². The fraction of sp³-hybridized carbons (Fsp3) is 0.818. The first-order chi connectivity index (χ1) is 7.44. The minimum atomic E-state index is -0.447. The van der Waals surface area contributed by atoms with Crippen LogP contribution in [0.25, 0.3) is 0 Å². The molecule has 0 spiro atoms. The lowest BCUT2D eigenvalue weighted by Crippen LogP contribution is -2.41. The maximum Gasteiger partial charge on any atom is 0.410 e. The zero-order valence-corrected chi connectivity index (χ0v) is 10.8. The molecule has 1 fully saturated rings. The van der Waals surface area contributed by atoms with Gasteiger partial charge in [-0.2, -0.15) is 0 Å². The van der Waals surface area contributed by atoms with Crippen molar-refractivity contribution in [3.05, 3.63) is 0 Å². The van der Waals surface area contributed by atoms with Crippen molar-refractivity contribution in [3.8, 4) is 0 Å². The van der Waals surface area contributed by atoms with E-state index in [-0.39, 0.29) is 12.1 Å². The van der Waals surface area contributed by atoms with Crippen LogP contribution in [0.4, 0.5) is 4.79 Å². The van der Waals surface area contributed by atoms with Crippen molar-refractivity contribution >= 4 is 23.5 Å². The normalized spacial score (nSPS) is 20.4. The Bertz CT molecular complexity index is 306. The van der Waals surface area contributed by atoms with E-state index in [1.165, 1.54) is 0 Å². The molecule has 0 aromatic heterocycles. The molecule has 0 saturated carbocycles. The summed E-state index contributed by atoms with van der Waals surface area (Å²) in [6.07, 6.45) is 1.70. The first-order valence-corrected chi connectivity index (χ1v) is 5.88. The Balaban J connectivity index is 2.57. The minimum absolute atomic E-state index is 0.116. The maximum absolute atomic E-state index is 11.9. The van der Waals surface area contributed by atoms with Crippen LogP contribution < -0.4 is 0 Å². The summed E-state index contributed by atoms with van der Waals surface area (Å²) in [7, 11) is 0. The summed E-state index contributed by atoms with van der Waals surface area (Å²) in [5.41, 5.74) is -0.447. The highest BCUT2D eigenvalue weighted by atomic mass is 32.1. The SMILES string of the molecule is CC(C)(C)OC(=O)N1CCCC1CN=C=S. The Hall–Kier alpha value is -0.930. The van der Waals surface area contributed by atoms with Gasteiger partial charge in [-0.1, -0.05) is 0 Å². The second kappa shape index (κ2) is 5.41. The van der Waals surface area contributed by atoms with Gasteiger partial charge in [-0.15, -0.1) is 0 Å². The number of carbonyl (C=O) groups excluding carboxylic acids is 1. The molecule has 16 heavy (non-hydrogen) atoms. The van der Waals surface area contributed by atoms with E-state index in [2.05, 4.69) is 22.4 Å². The van der Waals surface area contributed by atoms with Crippen LogP contribution >= 0.6 is 12.2 Å². The molecule has 0 bridgehead atoms. The van der Waals surface area contributed by atoms with Crippen molar-refractivity contribution in [3.63, 3.8) is 0 Å². The highest BCUT2D eigenvalue weighted by Gasteiger charge is 2.31. The van der Waals surface area contributed by atoms with E-state index >= 15 is 0 Å². The third kappa shape index (κ3) is 3.91. The molecule has 1 heterocycles. The second-order valence-electron chi connectivity index (χ2n) is 4.90. The number of hydrogen-bond donors (Lipinski definition) is 0.